The lowest BCUT2D eigenvalue weighted by Crippen LogP contribution is -2.52. The predicted molar refractivity (Wildman–Crippen MR) is 138 cm³/mol. The monoisotopic (exact) mass is 480 g/mol. The maximum atomic E-state index is 13.5. The number of nitrogens with zero attached hydrogens (tertiary/aromatic N) is 3. The van der Waals surface area contributed by atoms with Gasteiger partial charge in [-0.2, -0.15) is 0 Å². The van der Waals surface area contributed by atoms with E-state index in [4.69, 9.17) is 4.99 Å². The first-order chi connectivity index (χ1) is 17.4. The number of hydrogen-bond donors (Lipinski definition) is 1. The van der Waals surface area contributed by atoms with Gasteiger partial charge in [-0.05, 0) is 60.2 Å². The van der Waals surface area contributed by atoms with Crippen LogP contribution in [0.3, 0.4) is 0 Å². The fourth-order valence-corrected chi connectivity index (χ4v) is 5.69. The topological polar surface area (TPSA) is 82.1 Å². The van der Waals surface area contributed by atoms with Crippen LogP contribution in [0.4, 0.5) is 10.5 Å². The van der Waals surface area contributed by atoms with E-state index in [-0.39, 0.29) is 18.5 Å². The van der Waals surface area contributed by atoms with Crippen LogP contribution in [0.25, 0.3) is 10.8 Å². The van der Waals surface area contributed by atoms with Crippen LogP contribution in [0, 0.1) is 0 Å². The van der Waals surface area contributed by atoms with Gasteiger partial charge in [0, 0.05) is 18.7 Å². The quantitative estimate of drug-likeness (QED) is 0.565. The van der Waals surface area contributed by atoms with Gasteiger partial charge in [-0.25, -0.2) is 4.79 Å². The van der Waals surface area contributed by atoms with Gasteiger partial charge in [-0.3, -0.25) is 19.5 Å². The van der Waals surface area contributed by atoms with Gasteiger partial charge in [0.2, 0.25) is 5.91 Å². The fraction of sp³-hybridized carbons (Fsp3) is 0.310. The number of likely N-dealkylation sites (tertiary alicyclic amines) is 1. The number of para-hydroxylation sites is 1. The second-order valence-electron chi connectivity index (χ2n) is 10.0. The average molecular weight is 481 g/mol. The van der Waals surface area contributed by atoms with Crippen LogP contribution < -0.4 is 5.32 Å². The van der Waals surface area contributed by atoms with Crippen LogP contribution >= 0.6 is 0 Å². The Kier molecular flexibility index (Phi) is 5.36. The zero-order chi connectivity index (χ0) is 24.9. The molecular weight excluding hydrogens is 452 g/mol. The van der Waals surface area contributed by atoms with Gasteiger partial charge >= 0.3 is 6.03 Å². The Labute approximate surface area is 209 Å². The first kappa shape index (κ1) is 22.5. The molecule has 2 unspecified atom stereocenters. The molecule has 0 spiro atoms. The summed E-state index contributed by atoms with van der Waals surface area (Å²) in [5.74, 6) is -0.625. The molecule has 182 valence electrons. The molecule has 3 heterocycles. The van der Waals surface area contributed by atoms with E-state index in [1.54, 1.807) is 6.92 Å². The molecule has 0 aliphatic carbocycles. The largest absolute Gasteiger partial charge is 0.333 e. The molecule has 0 saturated carbocycles. The Bertz CT molecular complexity index is 1430. The van der Waals surface area contributed by atoms with Crippen molar-refractivity contribution in [2.75, 3.05) is 13.1 Å². The number of urea groups is 1. The molecule has 2 atom stereocenters. The molecular formula is C29H28N4O3. The van der Waals surface area contributed by atoms with Crippen LogP contribution in [-0.2, 0) is 21.5 Å². The van der Waals surface area contributed by atoms with E-state index in [0.29, 0.717) is 12.1 Å². The molecule has 3 aromatic carbocycles. The molecule has 4 amide bonds. The SMILES string of the molecule is CC1(c2ccc3ccccc3c2)NC(=O)N(CC(=O)N2CCCCC2C2=Nc3ccccc3C2)C1=O. The summed E-state index contributed by atoms with van der Waals surface area (Å²) in [4.78, 5) is 47.7. The minimum Gasteiger partial charge on any atom is -0.333 e. The van der Waals surface area contributed by atoms with Crippen molar-refractivity contribution in [2.24, 2.45) is 4.99 Å². The third-order valence-electron chi connectivity index (χ3n) is 7.73. The Morgan fingerprint density at radius 1 is 1.03 bits per heavy atom. The van der Waals surface area contributed by atoms with Gasteiger partial charge in [-0.15, -0.1) is 0 Å². The Balaban J connectivity index is 1.22. The Morgan fingerprint density at radius 3 is 2.64 bits per heavy atom. The number of carbonyl (C=O) groups is 3. The van der Waals surface area contributed by atoms with Crippen molar-refractivity contribution in [1.29, 1.82) is 0 Å². The summed E-state index contributed by atoms with van der Waals surface area (Å²) in [7, 11) is 0. The Hall–Kier alpha value is -4.00. The number of carbonyl (C=O) groups excluding carboxylic acids is 3. The van der Waals surface area contributed by atoms with E-state index in [1.165, 1.54) is 5.56 Å². The first-order valence-electron chi connectivity index (χ1n) is 12.5. The number of amides is 4. The van der Waals surface area contributed by atoms with Crippen molar-refractivity contribution >= 4 is 40.0 Å². The number of hydrogen-bond acceptors (Lipinski definition) is 4. The maximum absolute atomic E-state index is 13.5. The summed E-state index contributed by atoms with van der Waals surface area (Å²) in [6.45, 7) is 2.03. The fourth-order valence-electron chi connectivity index (χ4n) is 5.69. The van der Waals surface area contributed by atoms with Gasteiger partial charge in [0.05, 0.1) is 11.7 Å². The Morgan fingerprint density at radius 2 is 1.81 bits per heavy atom. The van der Waals surface area contributed by atoms with Crippen molar-refractivity contribution in [3.8, 4) is 0 Å². The zero-order valence-electron chi connectivity index (χ0n) is 20.2. The number of benzene rings is 3. The third kappa shape index (κ3) is 3.66. The normalized spacial score (nSPS) is 23.6. The number of rotatable bonds is 4. The molecule has 7 nitrogen and oxygen atoms in total. The molecule has 2 fully saturated rings. The molecule has 0 bridgehead atoms. The van der Waals surface area contributed by atoms with E-state index in [0.717, 1.165) is 52.8 Å². The number of nitrogens with one attached hydrogen (secondary N) is 1. The summed E-state index contributed by atoms with van der Waals surface area (Å²) in [5, 5.41) is 4.89. The predicted octanol–water partition coefficient (Wildman–Crippen LogP) is 4.32. The molecule has 3 aliphatic rings. The van der Waals surface area contributed by atoms with E-state index in [9.17, 15) is 14.4 Å². The van der Waals surface area contributed by atoms with Gasteiger partial charge < -0.3 is 10.2 Å². The molecule has 2 saturated heterocycles. The van der Waals surface area contributed by atoms with Crippen molar-refractivity contribution in [2.45, 2.75) is 44.2 Å². The van der Waals surface area contributed by atoms with Gasteiger partial charge in [0.15, 0.2) is 0 Å². The summed E-state index contributed by atoms with van der Waals surface area (Å²) < 4.78 is 0. The molecule has 1 N–H and O–H groups in total. The maximum Gasteiger partial charge on any atom is 0.325 e. The number of imide groups is 1. The molecule has 3 aliphatic heterocycles. The number of aliphatic imine (C=N–C) groups is 1. The summed E-state index contributed by atoms with van der Waals surface area (Å²) >= 11 is 0. The average Bonchev–Trinajstić information content (AvgIpc) is 3.43. The van der Waals surface area contributed by atoms with E-state index in [2.05, 4.69) is 11.4 Å². The number of fused-ring (bicyclic) bond motifs is 2. The standard InChI is InChI=1S/C29H28N4O3/c1-29(22-14-13-19-8-2-3-9-20(19)16-22)27(35)33(28(36)31-29)18-26(34)32-15-7-6-12-25(32)24-17-21-10-4-5-11-23(21)30-24/h2-5,8-11,13-14,16,25H,6-7,12,15,17-18H2,1H3,(H,31,36). The van der Waals surface area contributed by atoms with E-state index in [1.807, 2.05) is 65.6 Å². The summed E-state index contributed by atoms with van der Waals surface area (Å²) in [6, 6.07) is 21.0. The van der Waals surface area contributed by atoms with Crippen LogP contribution in [0.15, 0.2) is 71.7 Å². The highest BCUT2D eigenvalue weighted by Crippen LogP contribution is 2.33. The molecule has 36 heavy (non-hydrogen) atoms. The lowest BCUT2D eigenvalue weighted by molar-refractivity contribution is -0.140. The molecule has 7 heteroatoms. The van der Waals surface area contributed by atoms with Crippen molar-refractivity contribution < 1.29 is 14.4 Å². The molecule has 6 rings (SSSR count). The molecule has 0 aromatic heterocycles. The van der Waals surface area contributed by atoms with Gasteiger partial charge in [0.1, 0.15) is 12.1 Å². The van der Waals surface area contributed by atoms with Crippen molar-refractivity contribution in [1.82, 2.24) is 15.1 Å². The molecule has 3 aromatic rings. The van der Waals surface area contributed by atoms with Crippen molar-refractivity contribution in [3.05, 3.63) is 77.9 Å². The number of piperidine rings is 1. The van der Waals surface area contributed by atoms with Gasteiger partial charge in [0.25, 0.3) is 5.91 Å². The highest BCUT2D eigenvalue weighted by atomic mass is 16.2. The second kappa shape index (κ2) is 8.59. The minimum absolute atomic E-state index is 0.105. The summed E-state index contributed by atoms with van der Waals surface area (Å²) in [5.41, 5.74) is 2.60. The van der Waals surface area contributed by atoms with Gasteiger partial charge in [-0.1, -0.05) is 54.6 Å². The van der Waals surface area contributed by atoms with E-state index < -0.39 is 17.5 Å². The van der Waals surface area contributed by atoms with Crippen LogP contribution in [0.5, 0.6) is 0 Å². The highest BCUT2D eigenvalue weighted by molar-refractivity contribution is 6.10. The minimum atomic E-state index is -1.22. The van der Waals surface area contributed by atoms with E-state index >= 15 is 0 Å². The van der Waals surface area contributed by atoms with Crippen LogP contribution in [-0.4, -0.2) is 52.5 Å². The lowest BCUT2D eigenvalue weighted by atomic mass is 9.90. The second-order valence-corrected chi connectivity index (χ2v) is 10.0. The lowest BCUT2D eigenvalue weighted by Gasteiger charge is -2.36. The molecule has 0 radical (unpaired) electrons. The van der Waals surface area contributed by atoms with Crippen LogP contribution in [0.1, 0.15) is 37.3 Å². The zero-order valence-corrected chi connectivity index (χ0v) is 20.2. The van der Waals surface area contributed by atoms with Crippen LogP contribution in [0.2, 0.25) is 0 Å². The first-order valence-corrected chi connectivity index (χ1v) is 12.5. The smallest absolute Gasteiger partial charge is 0.325 e. The highest BCUT2D eigenvalue weighted by Gasteiger charge is 2.50. The third-order valence-corrected chi connectivity index (χ3v) is 7.73. The van der Waals surface area contributed by atoms with Crippen molar-refractivity contribution in [3.63, 3.8) is 0 Å². The summed E-state index contributed by atoms with van der Waals surface area (Å²) in [6.07, 6.45) is 3.49.